The Morgan fingerprint density at radius 3 is 2.46 bits per heavy atom. The lowest BCUT2D eigenvalue weighted by Gasteiger charge is -2.20. The van der Waals surface area contributed by atoms with E-state index in [1.807, 2.05) is 12.1 Å². The fourth-order valence-electron chi connectivity index (χ4n) is 4.79. The summed E-state index contributed by atoms with van der Waals surface area (Å²) in [5.74, 6) is 1.47. The van der Waals surface area contributed by atoms with Crippen LogP contribution in [0.25, 0.3) is 0 Å². The van der Waals surface area contributed by atoms with Crippen LogP contribution in [0.4, 0.5) is 11.6 Å². The standard InChI is InChI=1S/C30H29ClN4O4/c31-23-8-6-20(7-9-23)19-35-29(38)22(16-27(36)21-4-2-1-3-5-21)18-33-30(35)34-24-10-12-25(13-11-24)39-26-14-15-32-28(37)17-26/h6-15,17-18,21H,1-5,16,19H2,(H,32,37)(H,33,34). The Bertz CT molecular complexity index is 1560. The van der Waals surface area contributed by atoms with Crippen LogP contribution in [0.2, 0.25) is 5.02 Å². The minimum atomic E-state index is -0.251. The number of benzene rings is 2. The van der Waals surface area contributed by atoms with Crippen molar-refractivity contribution in [1.82, 2.24) is 14.5 Å². The molecule has 9 heteroatoms. The molecule has 1 aliphatic rings. The number of aromatic nitrogens is 3. The quantitative estimate of drug-likeness (QED) is 0.273. The van der Waals surface area contributed by atoms with Gasteiger partial charge in [0.25, 0.3) is 11.1 Å². The van der Waals surface area contributed by atoms with E-state index in [1.165, 1.54) is 24.9 Å². The molecule has 0 unspecified atom stereocenters. The predicted octanol–water partition coefficient (Wildman–Crippen LogP) is 5.86. The molecule has 2 aromatic heterocycles. The van der Waals surface area contributed by atoms with Crippen LogP contribution in [0.5, 0.6) is 11.5 Å². The number of nitrogens with zero attached hydrogens (tertiary/aromatic N) is 2. The molecule has 2 N–H and O–H groups in total. The van der Waals surface area contributed by atoms with Gasteiger partial charge >= 0.3 is 0 Å². The number of nitrogens with one attached hydrogen (secondary N) is 2. The molecular formula is C30H29ClN4O4. The molecule has 4 aromatic rings. The molecule has 1 aliphatic carbocycles. The van der Waals surface area contributed by atoms with Crippen LogP contribution in [0.15, 0.2) is 82.6 Å². The predicted molar refractivity (Wildman–Crippen MR) is 151 cm³/mol. The summed E-state index contributed by atoms with van der Waals surface area (Å²) in [5.41, 5.74) is 1.46. The van der Waals surface area contributed by atoms with E-state index in [4.69, 9.17) is 16.3 Å². The van der Waals surface area contributed by atoms with Crippen molar-refractivity contribution in [3.05, 3.63) is 110 Å². The number of hydrogen-bond acceptors (Lipinski definition) is 6. The molecule has 1 fully saturated rings. The lowest BCUT2D eigenvalue weighted by Crippen LogP contribution is -2.30. The van der Waals surface area contributed by atoms with Crippen molar-refractivity contribution in [2.24, 2.45) is 5.92 Å². The number of pyridine rings is 1. The fraction of sp³-hybridized carbons (Fsp3) is 0.267. The van der Waals surface area contributed by atoms with Gasteiger partial charge in [0.15, 0.2) is 0 Å². The summed E-state index contributed by atoms with van der Waals surface area (Å²) in [5, 5.41) is 3.83. The third-order valence-corrected chi connectivity index (χ3v) is 7.14. The molecule has 0 radical (unpaired) electrons. The third kappa shape index (κ3) is 6.83. The maximum atomic E-state index is 13.6. The average molecular weight is 545 g/mol. The second kappa shape index (κ2) is 12.1. The summed E-state index contributed by atoms with van der Waals surface area (Å²) < 4.78 is 7.29. The van der Waals surface area contributed by atoms with E-state index in [-0.39, 0.29) is 35.8 Å². The number of halogens is 1. The largest absolute Gasteiger partial charge is 0.457 e. The highest BCUT2D eigenvalue weighted by Gasteiger charge is 2.23. The normalized spacial score (nSPS) is 13.7. The molecule has 5 rings (SSSR count). The first-order valence-corrected chi connectivity index (χ1v) is 13.4. The SMILES string of the molecule is O=C(Cc1cnc(Nc2ccc(Oc3cc[nH]c(=O)c3)cc2)n(Cc2ccc(Cl)cc2)c1=O)C1CCCCC1. The number of Topliss-reactive ketones (excluding diaryl/α,β-unsaturated/α-hetero) is 1. The lowest BCUT2D eigenvalue weighted by atomic mass is 9.84. The summed E-state index contributed by atoms with van der Waals surface area (Å²) in [4.78, 5) is 45.2. The van der Waals surface area contributed by atoms with Gasteiger partial charge in [-0.25, -0.2) is 4.98 Å². The zero-order valence-corrected chi connectivity index (χ0v) is 22.1. The molecule has 0 aliphatic heterocycles. The lowest BCUT2D eigenvalue weighted by molar-refractivity contribution is -0.123. The molecule has 0 bridgehead atoms. The molecule has 8 nitrogen and oxygen atoms in total. The van der Waals surface area contributed by atoms with Crippen molar-refractivity contribution in [3.8, 4) is 11.5 Å². The van der Waals surface area contributed by atoms with Crippen molar-refractivity contribution < 1.29 is 9.53 Å². The first-order chi connectivity index (χ1) is 18.9. The van der Waals surface area contributed by atoms with Gasteiger partial charge in [-0.2, -0.15) is 0 Å². The van der Waals surface area contributed by atoms with Crippen molar-refractivity contribution in [2.75, 3.05) is 5.32 Å². The minimum Gasteiger partial charge on any atom is -0.457 e. The molecular weight excluding hydrogens is 516 g/mol. The first-order valence-electron chi connectivity index (χ1n) is 13.0. The zero-order valence-electron chi connectivity index (χ0n) is 21.4. The Hall–Kier alpha value is -4.17. The Morgan fingerprint density at radius 1 is 1.00 bits per heavy atom. The second-order valence-electron chi connectivity index (χ2n) is 9.74. The van der Waals surface area contributed by atoms with Gasteiger partial charge in [-0.1, -0.05) is 43.0 Å². The van der Waals surface area contributed by atoms with Crippen LogP contribution in [0, 0.1) is 5.92 Å². The molecule has 0 saturated heterocycles. The van der Waals surface area contributed by atoms with Gasteiger partial charge in [-0.15, -0.1) is 0 Å². The Morgan fingerprint density at radius 2 is 1.74 bits per heavy atom. The van der Waals surface area contributed by atoms with E-state index in [1.54, 1.807) is 47.0 Å². The van der Waals surface area contributed by atoms with E-state index >= 15 is 0 Å². The van der Waals surface area contributed by atoms with Crippen molar-refractivity contribution in [1.29, 1.82) is 0 Å². The molecule has 0 atom stereocenters. The number of rotatable bonds is 9. The van der Waals surface area contributed by atoms with Gasteiger partial charge in [0.2, 0.25) is 5.95 Å². The molecule has 2 heterocycles. The molecule has 2 aromatic carbocycles. The van der Waals surface area contributed by atoms with Crippen LogP contribution in [0.3, 0.4) is 0 Å². The maximum Gasteiger partial charge on any atom is 0.258 e. The summed E-state index contributed by atoms with van der Waals surface area (Å²) in [6.07, 6.45) is 8.19. The molecule has 1 saturated carbocycles. The van der Waals surface area contributed by atoms with Gasteiger partial charge in [-0.3, -0.25) is 19.0 Å². The number of carbonyl (C=O) groups is 1. The Kier molecular flexibility index (Phi) is 8.22. The fourth-order valence-corrected chi connectivity index (χ4v) is 4.92. The number of ketones is 1. The summed E-state index contributed by atoms with van der Waals surface area (Å²) >= 11 is 6.05. The van der Waals surface area contributed by atoms with Gasteiger partial charge in [0.1, 0.15) is 17.3 Å². The zero-order chi connectivity index (χ0) is 27.2. The number of hydrogen-bond donors (Lipinski definition) is 2. The highest BCUT2D eigenvalue weighted by Crippen LogP contribution is 2.26. The van der Waals surface area contributed by atoms with E-state index in [0.717, 1.165) is 31.2 Å². The Balaban J connectivity index is 1.39. The van der Waals surface area contributed by atoms with Crippen molar-refractivity contribution >= 4 is 29.0 Å². The van der Waals surface area contributed by atoms with Gasteiger partial charge in [0, 0.05) is 47.1 Å². The smallest absolute Gasteiger partial charge is 0.258 e. The van der Waals surface area contributed by atoms with E-state index < -0.39 is 0 Å². The van der Waals surface area contributed by atoms with Crippen molar-refractivity contribution in [2.45, 2.75) is 45.1 Å². The Labute approximate surface area is 230 Å². The third-order valence-electron chi connectivity index (χ3n) is 6.89. The van der Waals surface area contributed by atoms with E-state index in [9.17, 15) is 14.4 Å². The van der Waals surface area contributed by atoms with Crippen LogP contribution in [-0.4, -0.2) is 20.3 Å². The second-order valence-corrected chi connectivity index (χ2v) is 10.2. The van der Waals surface area contributed by atoms with Gasteiger partial charge in [0.05, 0.1) is 6.54 Å². The van der Waals surface area contributed by atoms with Crippen LogP contribution >= 0.6 is 11.6 Å². The number of ether oxygens (including phenoxy) is 1. The minimum absolute atomic E-state index is 0.0237. The highest BCUT2D eigenvalue weighted by atomic mass is 35.5. The van der Waals surface area contributed by atoms with E-state index in [0.29, 0.717) is 33.7 Å². The maximum absolute atomic E-state index is 13.6. The molecule has 0 spiro atoms. The molecule has 200 valence electrons. The number of carbonyl (C=O) groups excluding carboxylic acids is 1. The van der Waals surface area contributed by atoms with E-state index in [2.05, 4.69) is 15.3 Å². The summed E-state index contributed by atoms with van der Waals surface area (Å²) in [6.45, 7) is 0.264. The average Bonchev–Trinajstić information content (AvgIpc) is 2.95. The summed E-state index contributed by atoms with van der Waals surface area (Å²) in [6, 6.07) is 17.4. The van der Waals surface area contributed by atoms with Gasteiger partial charge < -0.3 is 15.0 Å². The van der Waals surface area contributed by atoms with Crippen LogP contribution in [-0.2, 0) is 17.8 Å². The molecule has 0 amide bonds. The first kappa shape index (κ1) is 26.4. The number of aromatic amines is 1. The van der Waals surface area contributed by atoms with Crippen molar-refractivity contribution in [3.63, 3.8) is 0 Å². The highest BCUT2D eigenvalue weighted by molar-refractivity contribution is 6.30. The number of H-pyrrole nitrogens is 1. The number of anilines is 2. The van der Waals surface area contributed by atoms with Crippen LogP contribution < -0.4 is 21.2 Å². The topological polar surface area (TPSA) is 106 Å². The van der Waals surface area contributed by atoms with Crippen LogP contribution in [0.1, 0.15) is 43.2 Å². The monoisotopic (exact) mass is 544 g/mol. The summed E-state index contributed by atoms with van der Waals surface area (Å²) in [7, 11) is 0. The molecule has 39 heavy (non-hydrogen) atoms. The van der Waals surface area contributed by atoms with Gasteiger partial charge in [-0.05, 0) is 60.9 Å².